The first-order chi connectivity index (χ1) is 12.5. The molecule has 2 rings (SSSR count). The fourth-order valence-corrected chi connectivity index (χ4v) is 2.95. The molecule has 1 heterocycles. The highest BCUT2D eigenvalue weighted by Crippen LogP contribution is 2.13. The van der Waals surface area contributed by atoms with Crippen LogP contribution in [-0.2, 0) is 0 Å². The smallest absolute Gasteiger partial charge is 0.280 e. The summed E-state index contributed by atoms with van der Waals surface area (Å²) in [6.45, 7) is 4.07. The van der Waals surface area contributed by atoms with Gasteiger partial charge in [-0.05, 0) is 44.1 Å². The van der Waals surface area contributed by atoms with Crippen molar-refractivity contribution < 1.29 is 0 Å². The van der Waals surface area contributed by atoms with E-state index in [-0.39, 0.29) is 10.7 Å². The number of aromatic amines is 1. The summed E-state index contributed by atoms with van der Waals surface area (Å²) >= 11 is 4.85. The lowest BCUT2D eigenvalue weighted by atomic mass is 10.0. The van der Waals surface area contributed by atoms with Crippen molar-refractivity contribution in [3.05, 3.63) is 51.9 Å². The maximum Gasteiger partial charge on any atom is 0.280 e. The van der Waals surface area contributed by atoms with E-state index in [2.05, 4.69) is 22.5 Å². The topological polar surface area (TPSA) is 88.2 Å². The zero-order chi connectivity index (χ0) is 18.9. The van der Waals surface area contributed by atoms with Crippen molar-refractivity contribution in [1.29, 1.82) is 0 Å². The fraction of sp³-hybridized carbons (Fsp3) is 0.421. The van der Waals surface area contributed by atoms with Crippen molar-refractivity contribution in [1.82, 2.24) is 15.2 Å². The van der Waals surface area contributed by atoms with E-state index in [1.165, 1.54) is 23.9 Å². The van der Waals surface area contributed by atoms with Gasteiger partial charge in [0.05, 0.1) is 17.0 Å². The lowest BCUT2D eigenvalue weighted by molar-refractivity contribution is 0.642. The second kappa shape index (κ2) is 9.91. The quantitative estimate of drug-likeness (QED) is 0.272. The van der Waals surface area contributed by atoms with Gasteiger partial charge in [-0.15, -0.1) is 0 Å². The van der Waals surface area contributed by atoms with Gasteiger partial charge in [0.2, 0.25) is 0 Å². The molecule has 0 atom stereocenters. The Morgan fingerprint density at radius 2 is 1.92 bits per heavy atom. The molecule has 26 heavy (non-hydrogen) atoms. The second-order valence-electron chi connectivity index (χ2n) is 6.29. The minimum absolute atomic E-state index is 0.0880. The van der Waals surface area contributed by atoms with Gasteiger partial charge in [-0.2, -0.15) is 5.10 Å². The maximum absolute atomic E-state index is 13.0. The molecule has 0 amide bonds. The summed E-state index contributed by atoms with van der Waals surface area (Å²) in [5.74, 6) is 0. The Hall–Kier alpha value is -2.41. The molecule has 0 saturated heterocycles. The molecule has 6 nitrogen and oxygen atoms in total. The standard InChI is InChI=1S/C19H27N5OS/c1-3-4-5-6-10-13-16(21-22-19(20)26)17-14(2)23-24(18(17)25)15-11-8-7-9-12-15/h7-9,11-12,23H,3-6,10,13H2,1-2H3,(H3,20,22,26)/b21-16+. The van der Waals surface area contributed by atoms with Crippen LogP contribution < -0.4 is 16.7 Å². The largest absolute Gasteiger partial charge is 0.375 e. The summed E-state index contributed by atoms with van der Waals surface area (Å²) in [4.78, 5) is 13.0. The van der Waals surface area contributed by atoms with E-state index in [0.29, 0.717) is 17.7 Å². The highest BCUT2D eigenvalue weighted by molar-refractivity contribution is 7.80. The van der Waals surface area contributed by atoms with Crippen molar-refractivity contribution in [2.45, 2.75) is 52.4 Å². The third-order valence-electron chi connectivity index (χ3n) is 4.19. The fourth-order valence-electron chi connectivity index (χ4n) is 2.90. The number of nitrogens with zero attached hydrogens (tertiary/aromatic N) is 2. The van der Waals surface area contributed by atoms with Crippen molar-refractivity contribution in [2.24, 2.45) is 10.8 Å². The third-order valence-corrected chi connectivity index (χ3v) is 4.28. The third kappa shape index (κ3) is 5.29. The van der Waals surface area contributed by atoms with Gasteiger partial charge in [-0.1, -0.05) is 50.8 Å². The summed E-state index contributed by atoms with van der Waals surface area (Å²) in [7, 11) is 0. The highest BCUT2D eigenvalue weighted by Gasteiger charge is 2.18. The average molecular weight is 374 g/mol. The Balaban J connectivity index is 2.29. The van der Waals surface area contributed by atoms with Crippen LogP contribution in [0.2, 0.25) is 0 Å². The number of hydrogen-bond acceptors (Lipinski definition) is 3. The Kier molecular flexibility index (Phi) is 7.59. The summed E-state index contributed by atoms with van der Waals surface area (Å²) in [5, 5.41) is 7.53. The molecule has 140 valence electrons. The van der Waals surface area contributed by atoms with Crippen LogP contribution in [0, 0.1) is 6.92 Å². The number of unbranched alkanes of at least 4 members (excludes halogenated alkanes) is 4. The summed E-state index contributed by atoms with van der Waals surface area (Å²) in [6.07, 6.45) is 6.38. The van der Waals surface area contributed by atoms with Crippen LogP contribution >= 0.6 is 12.2 Å². The Morgan fingerprint density at radius 3 is 2.58 bits per heavy atom. The first kappa shape index (κ1) is 19.9. The molecule has 0 unspecified atom stereocenters. The van der Waals surface area contributed by atoms with Gasteiger partial charge < -0.3 is 5.73 Å². The Labute approximate surface area is 159 Å². The lowest BCUT2D eigenvalue weighted by Gasteiger charge is -2.06. The molecule has 2 aromatic rings. The molecular formula is C19H27N5OS. The number of thiocarbonyl (C=S) groups is 1. The van der Waals surface area contributed by atoms with Gasteiger partial charge in [-0.25, -0.2) is 4.68 Å². The van der Waals surface area contributed by atoms with E-state index in [4.69, 9.17) is 18.0 Å². The Bertz CT molecular complexity index is 807. The summed E-state index contributed by atoms with van der Waals surface area (Å²) in [6, 6.07) is 9.48. The van der Waals surface area contributed by atoms with Crippen molar-refractivity contribution >= 4 is 23.0 Å². The minimum Gasteiger partial charge on any atom is -0.375 e. The van der Waals surface area contributed by atoms with E-state index < -0.39 is 0 Å². The zero-order valence-corrected chi connectivity index (χ0v) is 16.2. The highest BCUT2D eigenvalue weighted by atomic mass is 32.1. The molecule has 1 aromatic heterocycles. The zero-order valence-electron chi connectivity index (χ0n) is 15.4. The number of nitrogens with one attached hydrogen (secondary N) is 2. The Morgan fingerprint density at radius 1 is 1.23 bits per heavy atom. The van der Waals surface area contributed by atoms with Crippen LogP contribution in [0.5, 0.6) is 0 Å². The molecule has 0 aliphatic carbocycles. The maximum atomic E-state index is 13.0. The van der Waals surface area contributed by atoms with Crippen LogP contribution in [0.1, 0.15) is 56.7 Å². The SMILES string of the molecule is CCCCCCC/C(=N\NC(N)=S)c1c(C)[nH]n(-c2ccccc2)c1=O. The molecular weight excluding hydrogens is 346 g/mol. The summed E-state index contributed by atoms with van der Waals surface area (Å²) < 4.78 is 1.54. The number of aromatic nitrogens is 2. The number of H-pyrrole nitrogens is 1. The number of aryl methyl sites for hydroxylation is 1. The van der Waals surface area contributed by atoms with Crippen LogP contribution in [-0.4, -0.2) is 20.6 Å². The molecule has 0 spiro atoms. The van der Waals surface area contributed by atoms with Gasteiger partial charge in [0.1, 0.15) is 0 Å². The molecule has 0 saturated carbocycles. The number of para-hydroxylation sites is 1. The number of hydrogen-bond donors (Lipinski definition) is 3. The monoisotopic (exact) mass is 373 g/mol. The van der Waals surface area contributed by atoms with E-state index in [9.17, 15) is 4.79 Å². The molecule has 7 heteroatoms. The number of hydrazone groups is 1. The van der Waals surface area contributed by atoms with E-state index in [1.807, 2.05) is 37.3 Å². The average Bonchev–Trinajstić information content (AvgIpc) is 2.93. The number of benzene rings is 1. The van der Waals surface area contributed by atoms with Crippen molar-refractivity contribution in [3.8, 4) is 5.69 Å². The van der Waals surface area contributed by atoms with E-state index in [0.717, 1.165) is 24.2 Å². The minimum atomic E-state index is -0.120. The van der Waals surface area contributed by atoms with Gasteiger partial charge in [-0.3, -0.25) is 15.3 Å². The van der Waals surface area contributed by atoms with Crippen LogP contribution in [0.3, 0.4) is 0 Å². The van der Waals surface area contributed by atoms with Gasteiger partial charge >= 0.3 is 0 Å². The molecule has 0 bridgehead atoms. The molecule has 0 radical (unpaired) electrons. The molecule has 0 aliphatic rings. The first-order valence-corrected chi connectivity index (χ1v) is 9.44. The van der Waals surface area contributed by atoms with Crippen LogP contribution in [0.4, 0.5) is 0 Å². The summed E-state index contributed by atoms with van der Waals surface area (Å²) in [5.41, 5.74) is 10.8. The molecule has 0 aliphatic heterocycles. The molecule has 0 fully saturated rings. The van der Waals surface area contributed by atoms with Crippen molar-refractivity contribution in [2.75, 3.05) is 0 Å². The van der Waals surface area contributed by atoms with E-state index in [1.54, 1.807) is 0 Å². The number of rotatable bonds is 9. The van der Waals surface area contributed by atoms with Crippen LogP contribution in [0.15, 0.2) is 40.2 Å². The van der Waals surface area contributed by atoms with Crippen molar-refractivity contribution in [3.63, 3.8) is 0 Å². The second-order valence-corrected chi connectivity index (χ2v) is 6.73. The van der Waals surface area contributed by atoms with Gasteiger partial charge in [0, 0.05) is 5.69 Å². The number of nitrogens with two attached hydrogens (primary N) is 1. The van der Waals surface area contributed by atoms with Gasteiger partial charge in [0.15, 0.2) is 5.11 Å². The van der Waals surface area contributed by atoms with Gasteiger partial charge in [0.25, 0.3) is 5.56 Å². The normalized spacial score (nSPS) is 11.5. The predicted molar refractivity (Wildman–Crippen MR) is 111 cm³/mol. The predicted octanol–water partition coefficient (Wildman–Crippen LogP) is 3.37. The lowest BCUT2D eigenvalue weighted by Crippen LogP contribution is -2.27. The van der Waals surface area contributed by atoms with E-state index >= 15 is 0 Å². The molecule has 4 N–H and O–H groups in total. The van der Waals surface area contributed by atoms with Crippen LogP contribution in [0.25, 0.3) is 5.69 Å². The first-order valence-electron chi connectivity index (χ1n) is 9.04. The molecule has 1 aromatic carbocycles.